The average Bonchev–Trinajstić information content (AvgIpc) is 2.86. The van der Waals surface area contributed by atoms with E-state index >= 15 is 0 Å². The lowest BCUT2D eigenvalue weighted by Crippen LogP contribution is -2.52. The highest BCUT2D eigenvalue weighted by Crippen LogP contribution is 2.24. The molecule has 10 heteroatoms. The Hall–Kier alpha value is -3.43. The molecule has 0 fully saturated rings. The number of rotatable bonds is 10. The summed E-state index contributed by atoms with van der Waals surface area (Å²) < 4.78 is 41.6. The number of para-hydroxylation sites is 1. The fraction of sp³-hybridized carbons (Fsp3) is 0.259. The Morgan fingerprint density at radius 3 is 2.08 bits per heavy atom. The molecule has 2 amide bonds. The Bertz CT molecular complexity index is 1320. The molecule has 3 aromatic rings. The minimum absolute atomic E-state index is 0.0575. The molecule has 1 atom stereocenters. The van der Waals surface area contributed by atoms with Gasteiger partial charge in [-0.2, -0.15) is 0 Å². The van der Waals surface area contributed by atoms with Gasteiger partial charge in [0.1, 0.15) is 18.4 Å². The highest BCUT2D eigenvalue weighted by atomic mass is 35.5. The fourth-order valence-corrected chi connectivity index (χ4v) is 5.17. The second-order valence-electron chi connectivity index (χ2n) is 8.79. The monoisotopic (exact) mass is 545 g/mol. The molecule has 0 saturated carbocycles. The molecule has 37 heavy (non-hydrogen) atoms. The van der Waals surface area contributed by atoms with Crippen molar-refractivity contribution in [2.24, 2.45) is 0 Å². The number of anilines is 1. The van der Waals surface area contributed by atoms with Gasteiger partial charge in [0, 0.05) is 17.6 Å². The summed E-state index contributed by atoms with van der Waals surface area (Å²) in [4.78, 5) is 27.7. The van der Waals surface area contributed by atoms with Crippen molar-refractivity contribution in [3.05, 3.63) is 95.3 Å². The van der Waals surface area contributed by atoms with Crippen molar-refractivity contribution in [1.82, 2.24) is 10.2 Å². The molecule has 0 unspecified atom stereocenters. The van der Waals surface area contributed by atoms with Crippen molar-refractivity contribution < 1.29 is 22.4 Å². The van der Waals surface area contributed by atoms with Gasteiger partial charge in [-0.3, -0.25) is 13.9 Å². The summed E-state index contributed by atoms with van der Waals surface area (Å²) in [5.41, 5.74) is 0.973. The summed E-state index contributed by atoms with van der Waals surface area (Å²) in [5.74, 6) is -1.54. The summed E-state index contributed by atoms with van der Waals surface area (Å²) in [7, 11) is -4.24. The highest BCUT2D eigenvalue weighted by molar-refractivity contribution is 7.92. The van der Waals surface area contributed by atoms with E-state index in [-0.39, 0.29) is 29.1 Å². The molecule has 0 aliphatic rings. The summed E-state index contributed by atoms with van der Waals surface area (Å²) in [6.45, 7) is 4.69. The Morgan fingerprint density at radius 2 is 1.51 bits per heavy atom. The van der Waals surface area contributed by atoms with Gasteiger partial charge < -0.3 is 10.2 Å². The van der Waals surface area contributed by atoms with E-state index in [0.29, 0.717) is 5.02 Å². The third-order valence-corrected chi connectivity index (χ3v) is 7.63. The summed E-state index contributed by atoms with van der Waals surface area (Å²) >= 11 is 5.99. The van der Waals surface area contributed by atoms with Gasteiger partial charge in [-0.15, -0.1) is 0 Å². The van der Waals surface area contributed by atoms with Crippen LogP contribution in [-0.2, 0) is 26.2 Å². The van der Waals surface area contributed by atoms with E-state index in [0.717, 1.165) is 34.1 Å². The predicted octanol–water partition coefficient (Wildman–Crippen LogP) is 4.62. The molecule has 0 aromatic heterocycles. The van der Waals surface area contributed by atoms with Crippen LogP contribution < -0.4 is 9.62 Å². The van der Waals surface area contributed by atoms with E-state index in [1.54, 1.807) is 61.5 Å². The second kappa shape index (κ2) is 12.2. The molecule has 3 rings (SSSR count). The van der Waals surface area contributed by atoms with Crippen LogP contribution in [0.25, 0.3) is 0 Å². The third kappa shape index (κ3) is 7.30. The zero-order chi connectivity index (χ0) is 27.2. The van der Waals surface area contributed by atoms with Crippen LogP contribution in [0.5, 0.6) is 0 Å². The smallest absolute Gasteiger partial charge is 0.264 e. The maximum Gasteiger partial charge on any atom is 0.264 e. The lowest BCUT2D eigenvalue weighted by Gasteiger charge is -2.32. The van der Waals surface area contributed by atoms with E-state index in [2.05, 4.69) is 5.32 Å². The number of carbonyl (C=O) groups is 2. The van der Waals surface area contributed by atoms with Crippen LogP contribution in [0.15, 0.2) is 83.8 Å². The number of sulfonamides is 1. The van der Waals surface area contributed by atoms with Crippen molar-refractivity contribution in [1.29, 1.82) is 0 Å². The zero-order valence-electron chi connectivity index (χ0n) is 20.8. The number of carbonyl (C=O) groups excluding carboxylic acids is 2. The molecule has 0 bridgehead atoms. The summed E-state index contributed by atoms with van der Waals surface area (Å²) in [5, 5.41) is 3.32. The first-order chi connectivity index (χ1) is 17.5. The van der Waals surface area contributed by atoms with Crippen molar-refractivity contribution >= 4 is 39.1 Å². The SMILES string of the molecule is CC(C)NC(=O)[C@H](C)N(Cc1ccc(Cl)cc1)C(=O)CN(c1ccccc1)S(=O)(=O)c1ccc(F)cc1. The Kier molecular flexibility index (Phi) is 9.29. The minimum atomic E-state index is -4.24. The molecule has 196 valence electrons. The molecule has 1 N–H and O–H groups in total. The quantitative estimate of drug-likeness (QED) is 0.403. The van der Waals surface area contributed by atoms with Gasteiger partial charge in [0.2, 0.25) is 11.8 Å². The number of halogens is 2. The summed E-state index contributed by atoms with van der Waals surface area (Å²) in [6.07, 6.45) is 0. The van der Waals surface area contributed by atoms with Crippen LogP contribution in [0.2, 0.25) is 5.02 Å². The van der Waals surface area contributed by atoms with Crippen molar-refractivity contribution in [3.63, 3.8) is 0 Å². The number of hydrogen-bond donors (Lipinski definition) is 1. The Morgan fingerprint density at radius 1 is 0.919 bits per heavy atom. The second-order valence-corrected chi connectivity index (χ2v) is 11.1. The van der Waals surface area contributed by atoms with Crippen molar-refractivity contribution in [2.75, 3.05) is 10.8 Å². The standard InChI is InChI=1S/C27H29ClFN3O4S/c1-19(2)30-27(34)20(3)31(17-21-9-11-22(28)12-10-21)26(33)18-32(24-7-5-4-6-8-24)37(35,36)25-15-13-23(29)14-16-25/h4-16,19-20H,17-18H2,1-3H3,(H,30,34)/t20-/m0/s1. The van der Waals surface area contributed by atoms with E-state index < -0.39 is 34.3 Å². The van der Waals surface area contributed by atoms with Gasteiger partial charge in [-0.05, 0) is 74.9 Å². The minimum Gasteiger partial charge on any atom is -0.352 e. The van der Waals surface area contributed by atoms with E-state index in [1.807, 2.05) is 13.8 Å². The first kappa shape index (κ1) is 28.1. The Balaban J connectivity index is 1.99. The van der Waals surface area contributed by atoms with Crippen LogP contribution >= 0.6 is 11.6 Å². The first-order valence-corrected chi connectivity index (χ1v) is 13.5. The van der Waals surface area contributed by atoms with Gasteiger partial charge in [-0.1, -0.05) is 41.9 Å². The normalized spacial score (nSPS) is 12.2. The van der Waals surface area contributed by atoms with Gasteiger partial charge in [0.05, 0.1) is 10.6 Å². The molecule has 0 aliphatic carbocycles. The number of nitrogens with zero attached hydrogens (tertiary/aromatic N) is 2. The molecule has 0 heterocycles. The first-order valence-electron chi connectivity index (χ1n) is 11.7. The van der Waals surface area contributed by atoms with Gasteiger partial charge >= 0.3 is 0 Å². The molecule has 0 radical (unpaired) electrons. The van der Waals surface area contributed by atoms with E-state index in [9.17, 15) is 22.4 Å². The molecular weight excluding hydrogens is 517 g/mol. The fourth-order valence-electron chi connectivity index (χ4n) is 3.63. The number of nitrogens with one attached hydrogen (secondary N) is 1. The Labute approximate surface area is 221 Å². The summed E-state index contributed by atoms with van der Waals surface area (Å²) in [6, 6.07) is 18.3. The maximum atomic E-state index is 13.7. The maximum absolute atomic E-state index is 13.7. The molecule has 0 aliphatic heterocycles. The topological polar surface area (TPSA) is 86.8 Å². The average molecular weight is 546 g/mol. The molecule has 0 saturated heterocycles. The van der Waals surface area contributed by atoms with Crippen LogP contribution in [0.3, 0.4) is 0 Å². The molecule has 0 spiro atoms. The lowest BCUT2D eigenvalue weighted by molar-refractivity contribution is -0.139. The van der Waals surface area contributed by atoms with Crippen molar-refractivity contribution in [2.45, 2.75) is 44.3 Å². The molecular formula is C27H29ClFN3O4S. The van der Waals surface area contributed by atoms with Crippen LogP contribution in [0.1, 0.15) is 26.3 Å². The number of benzene rings is 3. The largest absolute Gasteiger partial charge is 0.352 e. The number of hydrogen-bond acceptors (Lipinski definition) is 4. The predicted molar refractivity (Wildman–Crippen MR) is 142 cm³/mol. The number of amides is 2. The zero-order valence-corrected chi connectivity index (χ0v) is 22.3. The van der Waals surface area contributed by atoms with Crippen LogP contribution in [0.4, 0.5) is 10.1 Å². The van der Waals surface area contributed by atoms with Gasteiger partial charge in [-0.25, -0.2) is 12.8 Å². The van der Waals surface area contributed by atoms with Crippen molar-refractivity contribution in [3.8, 4) is 0 Å². The molecule has 7 nitrogen and oxygen atoms in total. The van der Waals surface area contributed by atoms with E-state index in [1.165, 1.54) is 4.90 Å². The van der Waals surface area contributed by atoms with E-state index in [4.69, 9.17) is 11.6 Å². The lowest BCUT2D eigenvalue weighted by atomic mass is 10.1. The third-order valence-electron chi connectivity index (χ3n) is 5.59. The molecule has 3 aromatic carbocycles. The highest BCUT2D eigenvalue weighted by Gasteiger charge is 2.32. The van der Waals surface area contributed by atoms with Gasteiger partial charge in [0.15, 0.2) is 0 Å². The van der Waals surface area contributed by atoms with Crippen LogP contribution in [-0.4, -0.2) is 43.8 Å². The van der Waals surface area contributed by atoms with Crippen LogP contribution in [0, 0.1) is 5.82 Å². The van der Waals surface area contributed by atoms with Gasteiger partial charge in [0.25, 0.3) is 10.0 Å².